The molecule has 0 saturated carbocycles. The minimum atomic E-state index is -0.621. The van der Waals surface area contributed by atoms with Gasteiger partial charge in [-0.25, -0.2) is 0 Å². The van der Waals surface area contributed by atoms with Gasteiger partial charge < -0.3 is 4.42 Å². The van der Waals surface area contributed by atoms with Crippen LogP contribution in [0.5, 0.6) is 0 Å². The fourth-order valence-corrected chi connectivity index (χ4v) is 4.70. The second kappa shape index (κ2) is 6.85. The van der Waals surface area contributed by atoms with Crippen molar-refractivity contribution in [3.63, 3.8) is 0 Å². The highest BCUT2D eigenvalue weighted by molar-refractivity contribution is 7.15. The second-order valence-corrected chi connectivity index (χ2v) is 9.88. The number of carbonyl (C=O) groups excluding carboxylic acids is 1. The van der Waals surface area contributed by atoms with E-state index in [1.54, 1.807) is 24.3 Å². The highest BCUT2D eigenvalue weighted by atomic mass is 32.1. The van der Waals surface area contributed by atoms with E-state index in [-0.39, 0.29) is 22.5 Å². The largest absolute Gasteiger partial charge is 0.450 e. The molecule has 0 saturated heterocycles. The summed E-state index contributed by atoms with van der Waals surface area (Å²) >= 11 is 1.31. The molecule has 2 aromatic heterocycles. The predicted molar refractivity (Wildman–Crippen MR) is 121 cm³/mol. The van der Waals surface area contributed by atoms with Crippen LogP contribution >= 0.6 is 11.3 Å². The molecule has 156 valence electrons. The van der Waals surface area contributed by atoms with Crippen molar-refractivity contribution in [2.24, 2.45) is 0 Å². The molecule has 0 aliphatic carbocycles. The van der Waals surface area contributed by atoms with E-state index in [1.807, 2.05) is 31.2 Å². The number of carbonyl (C=O) groups is 1. The normalized spacial score (nSPS) is 16.2. The minimum Gasteiger partial charge on any atom is -0.450 e. The number of nitrogens with zero attached hydrogens (tertiary/aromatic N) is 3. The fraction of sp³-hybridized carbons (Fsp3) is 0.250. The number of anilines is 1. The maximum Gasteiger partial charge on any atom is 0.297 e. The van der Waals surface area contributed by atoms with Crippen LogP contribution < -0.4 is 10.3 Å². The Kier molecular flexibility index (Phi) is 4.34. The molecule has 1 atom stereocenters. The van der Waals surface area contributed by atoms with Gasteiger partial charge in [-0.2, -0.15) is 0 Å². The number of aromatic nitrogens is 2. The Morgan fingerprint density at radius 2 is 1.71 bits per heavy atom. The number of hydrogen-bond acceptors (Lipinski definition) is 6. The molecule has 3 heterocycles. The molecule has 1 aliphatic heterocycles. The molecule has 1 amide bonds. The summed E-state index contributed by atoms with van der Waals surface area (Å²) in [6, 6.07) is 14.4. The average Bonchev–Trinajstić information content (AvgIpc) is 3.29. The van der Waals surface area contributed by atoms with Crippen LogP contribution in [0.25, 0.3) is 11.0 Å². The molecule has 0 fully saturated rings. The van der Waals surface area contributed by atoms with Crippen LogP contribution in [-0.4, -0.2) is 16.1 Å². The SMILES string of the molecule is Cc1nnc(N2C(=O)c3oc4ccccc4c(=O)c3[C@H]2c2ccc(C(C)(C)C)cc2)s1. The zero-order valence-corrected chi connectivity index (χ0v) is 18.5. The van der Waals surface area contributed by atoms with Crippen molar-refractivity contribution in [1.82, 2.24) is 10.2 Å². The Morgan fingerprint density at radius 1 is 1.00 bits per heavy atom. The number of para-hydroxylation sites is 1. The van der Waals surface area contributed by atoms with Gasteiger partial charge in [-0.05, 0) is 35.6 Å². The first kappa shape index (κ1) is 19.6. The molecule has 1 aliphatic rings. The summed E-state index contributed by atoms with van der Waals surface area (Å²) in [5.74, 6) is -0.305. The summed E-state index contributed by atoms with van der Waals surface area (Å²) in [6.07, 6.45) is 0. The monoisotopic (exact) mass is 431 g/mol. The van der Waals surface area contributed by atoms with E-state index >= 15 is 0 Å². The molecule has 0 spiro atoms. The van der Waals surface area contributed by atoms with Gasteiger partial charge in [0.1, 0.15) is 10.6 Å². The van der Waals surface area contributed by atoms with Gasteiger partial charge in [-0.15, -0.1) is 10.2 Å². The second-order valence-electron chi connectivity index (χ2n) is 8.72. The molecule has 0 unspecified atom stereocenters. The van der Waals surface area contributed by atoms with Gasteiger partial charge >= 0.3 is 0 Å². The van der Waals surface area contributed by atoms with E-state index in [0.717, 1.165) is 10.6 Å². The first-order valence-corrected chi connectivity index (χ1v) is 10.9. The van der Waals surface area contributed by atoms with Crippen molar-refractivity contribution in [3.05, 3.63) is 86.2 Å². The standard InChI is InChI=1S/C24H21N3O3S/c1-13-25-26-23(31-13)27-19(14-9-11-15(12-10-14)24(2,3)4)18-20(28)16-7-5-6-8-17(16)30-21(18)22(27)29/h5-12,19H,1-4H3/t19-/m1/s1. The number of benzene rings is 2. The van der Waals surface area contributed by atoms with Gasteiger partial charge in [0, 0.05) is 0 Å². The van der Waals surface area contributed by atoms with Crippen molar-refractivity contribution in [1.29, 1.82) is 0 Å². The van der Waals surface area contributed by atoms with Crippen molar-refractivity contribution in [2.75, 3.05) is 4.90 Å². The lowest BCUT2D eigenvalue weighted by molar-refractivity contribution is 0.0970. The van der Waals surface area contributed by atoms with Gasteiger partial charge in [0.2, 0.25) is 10.9 Å². The van der Waals surface area contributed by atoms with E-state index < -0.39 is 6.04 Å². The van der Waals surface area contributed by atoms with Gasteiger partial charge in [0.25, 0.3) is 5.91 Å². The Morgan fingerprint density at radius 3 is 2.35 bits per heavy atom. The van der Waals surface area contributed by atoms with Crippen molar-refractivity contribution >= 4 is 33.3 Å². The quantitative estimate of drug-likeness (QED) is 0.446. The molecule has 31 heavy (non-hydrogen) atoms. The van der Waals surface area contributed by atoms with E-state index in [1.165, 1.54) is 21.8 Å². The Balaban J connectivity index is 1.76. The molecule has 0 radical (unpaired) electrons. The zero-order valence-electron chi connectivity index (χ0n) is 17.7. The molecule has 5 rings (SSSR count). The summed E-state index contributed by atoms with van der Waals surface area (Å²) in [6.45, 7) is 8.27. The van der Waals surface area contributed by atoms with Crippen LogP contribution in [0.4, 0.5) is 5.13 Å². The first-order chi connectivity index (χ1) is 14.8. The summed E-state index contributed by atoms with van der Waals surface area (Å²) in [5, 5.41) is 9.92. The Hall–Kier alpha value is -3.32. The lowest BCUT2D eigenvalue weighted by Crippen LogP contribution is -2.29. The summed E-state index contributed by atoms with van der Waals surface area (Å²) in [4.78, 5) is 28.5. The van der Waals surface area contributed by atoms with E-state index in [2.05, 4.69) is 31.0 Å². The number of rotatable bonds is 2. The molecular formula is C24H21N3O3S. The Labute approximate surface area is 183 Å². The van der Waals surface area contributed by atoms with E-state index in [4.69, 9.17) is 4.42 Å². The minimum absolute atomic E-state index is 0.00676. The van der Waals surface area contributed by atoms with E-state index in [9.17, 15) is 9.59 Å². The van der Waals surface area contributed by atoms with Crippen molar-refractivity contribution in [2.45, 2.75) is 39.2 Å². The summed E-state index contributed by atoms with van der Waals surface area (Å²) < 4.78 is 5.95. The number of hydrogen-bond donors (Lipinski definition) is 0. The lowest BCUT2D eigenvalue weighted by atomic mass is 9.86. The van der Waals surface area contributed by atoms with E-state index in [0.29, 0.717) is 21.7 Å². The number of fused-ring (bicyclic) bond motifs is 2. The van der Waals surface area contributed by atoms with Crippen LogP contribution in [0, 0.1) is 6.92 Å². The molecule has 0 N–H and O–H groups in total. The third kappa shape index (κ3) is 3.08. The molecule has 4 aromatic rings. The predicted octanol–water partition coefficient (Wildman–Crippen LogP) is 5.00. The topological polar surface area (TPSA) is 76.3 Å². The van der Waals surface area contributed by atoms with Crippen LogP contribution in [0.2, 0.25) is 0 Å². The molecule has 6 nitrogen and oxygen atoms in total. The van der Waals surface area contributed by atoms with Gasteiger partial charge in [-0.3, -0.25) is 14.5 Å². The van der Waals surface area contributed by atoms with Gasteiger partial charge in [-0.1, -0.05) is 68.5 Å². The molecule has 7 heteroatoms. The van der Waals surface area contributed by atoms with Gasteiger partial charge in [0.15, 0.2) is 5.43 Å². The van der Waals surface area contributed by atoms with Crippen molar-refractivity contribution < 1.29 is 9.21 Å². The summed E-state index contributed by atoms with van der Waals surface area (Å²) in [5.41, 5.74) is 2.54. The third-order valence-corrected chi connectivity index (χ3v) is 6.43. The third-order valence-electron chi connectivity index (χ3n) is 5.59. The number of amides is 1. The van der Waals surface area contributed by atoms with Crippen LogP contribution in [0.1, 0.15) is 59.1 Å². The lowest BCUT2D eigenvalue weighted by Gasteiger charge is -2.24. The molecule has 0 bridgehead atoms. The van der Waals surface area contributed by atoms with Crippen LogP contribution in [0.15, 0.2) is 57.7 Å². The van der Waals surface area contributed by atoms with Gasteiger partial charge in [0.05, 0.1) is 17.0 Å². The van der Waals surface area contributed by atoms with Crippen LogP contribution in [0.3, 0.4) is 0 Å². The van der Waals surface area contributed by atoms with Crippen molar-refractivity contribution in [3.8, 4) is 0 Å². The highest BCUT2D eigenvalue weighted by Crippen LogP contribution is 2.42. The fourth-order valence-electron chi connectivity index (χ4n) is 3.98. The summed E-state index contributed by atoms with van der Waals surface area (Å²) in [7, 11) is 0. The molecular weight excluding hydrogens is 410 g/mol. The maximum atomic E-state index is 13.5. The van der Waals surface area contributed by atoms with Crippen LogP contribution in [-0.2, 0) is 5.41 Å². The Bertz CT molecular complexity index is 1380. The zero-order chi connectivity index (χ0) is 21.9. The highest BCUT2D eigenvalue weighted by Gasteiger charge is 2.45. The number of aryl methyl sites for hydroxylation is 1. The smallest absolute Gasteiger partial charge is 0.297 e. The molecule has 2 aromatic carbocycles. The average molecular weight is 432 g/mol. The maximum absolute atomic E-state index is 13.5. The first-order valence-electron chi connectivity index (χ1n) is 10.1.